The van der Waals surface area contributed by atoms with E-state index in [0.29, 0.717) is 11.1 Å². The third-order valence-corrected chi connectivity index (χ3v) is 3.83. The number of nitriles is 1. The molecule has 1 N–H and O–H groups in total. The average molecular weight is 334 g/mol. The predicted molar refractivity (Wildman–Crippen MR) is 83.2 cm³/mol. The van der Waals surface area contributed by atoms with Gasteiger partial charge in [0.25, 0.3) is 0 Å². The lowest BCUT2D eigenvalue weighted by Gasteiger charge is -2.24. The van der Waals surface area contributed by atoms with Gasteiger partial charge in [-0.15, -0.1) is 0 Å². The first kappa shape index (κ1) is 17.7. The zero-order valence-corrected chi connectivity index (χ0v) is 13.7. The van der Waals surface area contributed by atoms with Gasteiger partial charge in [0.15, 0.2) is 0 Å². The first-order valence-electron chi connectivity index (χ1n) is 7.47. The second-order valence-corrected chi connectivity index (χ2v) is 6.81. The van der Waals surface area contributed by atoms with Crippen molar-refractivity contribution < 1.29 is 23.8 Å². The van der Waals surface area contributed by atoms with Gasteiger partial charge in [0.2, 0.25) is 5.67 Å². The summed E-state index contributed by atoms with van der Waals surface area (Å²) in [7, 11) is 0. The molecule has 1 heterocycles. The standard InChI is InChI=1S/C17H19FN2O4/c1-16(2,3)24-15(23)20-9-13(17(18,10-20)14(21)22)12-6-4-11(8-19)5-7-12/h4-7,13H,9-10H2,1-3H3,(H,21,22)/t13-,17-/m0/s1. The van der Waals surface area contributed by atoms with Crippen LogP contribution in [0.25, 0.3) is 0 Å². The minimum absolute atomic E-state index is 0.108. The average Bonchev–Trinajstić information content (AvgIpc) is 2.85. The number of benzene rings is 1. The third-order valence-electron chi connectivity index (χ3n) is 3.83. The van der Waals surface area contributed by atoms with Crippen LogP contribution in [0.5, 0.6) is 0 Å². The second kappa shape index (κ2) is 6.11. The number of nitrogens with zero attached hydrogens (tertiary/aromatic N) is 2. The van der Waals surface area contributed by atoms with Crippen molar-refractivity contribution in [3.05, 3.63) is 35.4 Å². The third kappa shape index (κ3) is 3.48. The molecule has 7 heteroatoms. The number of rotatable bonds is 2. The monoisotopic (exact) mass is 334 g/mol. The van der Waals surface area contributed by atoms with E-state index in [2.05, 4.69) is 0 Å². The van der Waals surface area contributed by atoms with Gasteiger partial charge in [0.1, 0.15) is 5.60 Å². The molecule has 1 aliphatic rings. The van der Waals surface area contributed by atoms with Crippen LogP contribution < -0.4 is 0 Å². The van der Waals surface area contributed by atoms with Gasteiger partial charge >= 0.3 is 12.1 Å². The van der Waals surface area contributed by atoms with Crippen molar-refractivity contribution in [1.29, 1.82) is 5.26 Å². The quantitative estimate of drug-likeness (QED) is 0.898. The van der Waals surface area contributed by atoms with Gasteiger partial charge in [-0.05, 0) is 38.5 Å². The Kier molecular flexibility index (Phi) is 4.52. The SMILES string of the molecule is CC(C)(C)OC(=O)N1C[C@@H](c2ccc(C#N)cc2)[C@](F)(C(=O)O)C1. The van der Waals surface area contributed by atoms with Crippen LogP contribution in [0.3, 0.4) is 0 Å². The summed E-state index contributed by atoms with van der Waals surface area (Å²) in [6.07, 6.45) is -0.748. The van der Waals surface area contributed by atoms with Crippen LogP contribution in [0.15, 0.2) is 24.3 Å². The van der Waals surface area contributed by atoms with E-state index in [4.69, 9.17) is 10.00 Å². The van der Waals surface area contributed by atoms with E-state index in [1.54, 1.807) is 20.8 Å². The van der Waals surface area contributed by atoms with Gasteiger partial charge in [0.05, 0.1) is 18.2 Å². The van der Waals surface area contributed by atoms with Crippen LogP contribution in [0.1, 0.15) is 37.8 Å². The van der Waals surface area contributed by atoms with Crippen molar-refractivity contribution in [1.82, 2.24) is 4.90 Å². The molecule has 1 aromatic carbocycles. The Morgan fingerprint density at radius 3 is 2.42 bits per heavy atom. The Morgan fingerprint density at radius 1 is 1.38 bits per heavy atom. The summed E-state index contributed by atoms with van der Waals surface area (Å²) in [5.74, 6) is -2.65. The van der Waals surface area contributed by atoms with Gasteiger partial charge < -0.3 is 14.7 Å². The minimum atomic E-state index is -2.61. The Morgan fingerprint density at radius 2 is 1.96 bits per heavy atom. The highest BCUT2D eigenvalue weighted by atomic mass is 19.1. The highest BCUT2D eigenvalue weighted by molar-refractivity contribution is 5.82. The van der Waals surface area contributed by atoms with Gasteiger partial charge in [-0.25, -0.2) is 14.0 Å². The van der Waals surface area contributed by atoms with Crippen LogP contribution in [-0.2, 0) is 9.53 Å². The molecule has 1 aliphatic heterocycles. The second-order valence-electron chi connectivity index (χ2n) is 6.81. The van der Waals surface area contributed by atoms with Crippen molar-refractivity contribution in [2.24, 2.45) is 0 Å². The smallest absolute Gasteiger partial charge is 0.410 e. The van der Waals surface area contributed by atoms with Gasteiger partial charge in [-0.3, -0.25) is 0 Å². The zero-order chi connectivity index (χ0) is 18.1. The van der Waals surface area contributed by atoms with E-state index in [1.807, 2.05) is 6.07 Å². The highest BCUT2D eigenvalue weighted by Gasteiger charge is 2.55. The minimum Gasteiger partial charge on any atom is -0.479 e. The molecule has 6 nitrogen and oxygen atoms in total. The molecule has 128 valence electrons. The van der Waals surface area contributed by atoms with E-state index in [9.17, 15) is 14.7 Å². The van der Waals surface area contributed by atoms with Gasteiger partial charge in [0, 0.05) is 12.5 Å². The molecule has 0 unspecified atom stereocenters. The van der Waals surface area contributed by atoms with Crippen molar-refractivity contribution in [3.63, 3.8) is 0 Å². The molecule has 2 atom stereocenters. The van der Waals surface area contributed by atoms with Crippen molar-refractivity contribution in [2.75, 3.05) is 13.1 Å². The lowest BCUT2D eigenvalue weighted by Crippen LogP contribution is -2.42. The van der Waals surface area contributed by atoms with Gasteiger partial charge in [-0.1, -0.05) is 12.1 Å². The maximum absolute atomic E-state index is 15.1. The number of carbonyl (C=O) groups excluding carboxylic acids is 1. The topological polar surface area (TPSA) is 90.6 Å². The number of halogens is 1. The molecule has 0 saturated carbocycles. The largest absolute Gasteiger partial charge is 0.479 e. The first-order valence-corrected chi connectivity index (χ1v) is 7.47. The van der Waals surface area contributed by atoms with E-state index in [-0.39, 0.29) is 6.54 Å². The maximum atomic E-state index is 15.1. The van der Waals surface area contributed by atoms with Crippen LogP contribution in [0.4, 0.5) is 9.18 Å². The van der Waals surface area contributed by atoms with Crippen molar-refractivity contribution in [3.8, 4) is 6.07 Å². The molecule has 1 fully saturated rings. The molecule has 24 heavy (non-hydrogen) atoms. The van der Waals surface area contributed by atoms with Crippen molar-refractivity contribution >= 4 is 12.1 Å². The summed E-state index contributed by atoms with van der Waals surface area (Å²) in [5, 5.41) is 18.2. The summed E-state index contributed by atoms with van der Waals surface area (Å²) in [5.41, 5.74) is -2.55. The summed E-state index contributed by atoms with van der Waals surface area (Å²) >= 11 is 0. The Hall–Kier alpha value is -2.62. The van der Waals surface area contributed by atoms with E-state index in [0.717, 1.165) is 4.90 Å². The summed E-state index contributed by atoms with van der Waals surface area (Å²) in [6.45, 7) is 4.35. The number of alkyl halides is 1. The number of carbonyl (C=O) groups is 2. The van der Waals surface area contributed by atoms with Crippen LogP contribution >= 0.6 is 0 Å². The lowest BCUT2D eigenvalue weighted by molar-refractivity contribution is -0.150. The van der Waals surface area contributed by atoms with E-state index in [1.165, 1.54) is 24.3 Å². The highest BCUT2D eigenvalue weighted by Crippen LogP contribution is 2.40. The lowest BCUT2D eigenvalue weighted by atomic mass is 9.86. The van der Waals surface area contributed by atoms with Crippen LogP contribution in [0, 0.1) is 11.3 Å². The Labute approximate surface area is 139 Å². The number of carboxylic acid groups (broad SMARTS) is 1. The number of hydrogen-bond acceptors (Lipinski definition) is 4. The molecular weight excluding hydrogens is 315 g/mol. The molecule has 2 rings (SSSR count). The molecule has 0 radical (unpaired) electrons. The van der Waals surface area contributed by atoms with E-state index >= 15 is 4.39 Å². The maximum Gasteiger partial charge on any atom is 0.410 e. The van der Waals surface area contributed by atoms with Crippen molar-refractivity contribution in [2.45, 2.75) is 38.0 Å². The first-order chi connectivity index (χ1) is 11.1. The number of carboxylic acids is 1. The van der Waals surface area contributed by atoms with Crippen LogP contribution in [0.2, 0.25) is 0 Å². The van der Waals surface area contributed by atoms with Gasteiger partial charge in [-0.2, -0.15) is 5.26 Å². The summed E-state index contributed by atoms with van der Waals surface area (Å²) in [6, 6.07) is 7.96. The number of amides is 1. The molecule has 1 amide bonds. The molecule has 1 aromatic rings. The molecular formula is C17H19FN2O4. The molecule has 0 aliphatic carbocycles. The fraction of sp³-hybridized carbons (Fsp3) is 0.471. The summed E-state index contributed by atoms with van der Waals surface area (Å²) in [4.78, 5) is 24.7. The number of ether oxygens (including phenoxy) is 1. The molecule has 1 saturated heterocycles. The predicted octanol–water partition coefficient (Wildman–Crippen LogP) is 2.69. The number of likely N-dealkylation sites (tertiary alicyclic amines) is 1. The molecule has 0 bridgehead atoms. The number of hydrogen-bond donors (Lipinski definition) is 1. The number of aliphatic carboxylic acids is 1. The summed E-state index contributed by atoms with van der Waals surface area (Å²) < 4.78 is 20.3. The Balaban J connectivity index is 2.30. The van der Waals surface area contributed by atoms with Crippen LogP contribution in [-0.4, -0.2) is 46.4 Å². The molecule has 0 aromatic heterocycles. The zero-order valence-electron chi connectivity index (χ0n) is 13.7. The molecule has 0 spiro atoms. The van der Waals surface area contributed by atoms with E-state index < -0.39 is 35.8 Å². The fourth-order valence-corrected chi connectivity index (χ4v) is 2.66. The fourth-order valence-electron chi connectivity index (χ4n) is 2.66. The normalized spacial score (nSPS) is 23.6. The Bertz CT molecular complexity index is 690.